The third-order valence-corrected chi connectivity index (χ3v) is 3.58. The van der Waals surface area contributed by atoms with Crippen molar-refractivity contribution in [1.29, 1.82) is 0 Å². The van der Waals surface area contributed by atoms with Gasteiger partial charge in [0.15, 0.2) is 5.96 Å². The molecule has 1 aliphatic rings. The molecule has 0 atom stereocenters. The van der Waals surface area contributed by atoms with E-state index in [-0.39, 0.29) is 29.4 Å². The lowest BCUT2D eigenvalue weighted by Crippen LogP contribution is -2.44. The van der Waals surface area contributed by atoms with E-state index < -0.39 is 0 Å². The van der Waals surface area contributed by atoms with E-state index in [1.54, 1.807) is 0 Å². The largest absolute Gasteiger partial charge is 0.378 e. The Bertz CT molecular complexity index is 459. The lowest BCUT2D eigenvalue weighted by Gasteiger charge is -2.27. The highest BCUT2D eigenvalue weighted by Gasteiger charge is 2.13. The van der Waals surface area contributed by atoms with Gasteiger partial charge in [0.1, 0.15) is 0 Å². The van der Waals surface area contributed by atoms with Crippen LogP contribution in [0.3, 0.4) is 0 Å². The van der Waals surface area contributed by atoms with Gasteiger partial charge in [-0.15, -0.1) is 24.0 Å². The summed E-state index contributed by atoms with van der Waals surface area (Å²) in [7, 11) is 0. The van der Waals surface area contributed by atoms with Crippen molar-refractivity contribution in [3.05, 3.63) is 35.4 Å². The van der Waals surface area contributed by atoms with E-state index in [0.29, 0.717) is 12.5 Å². The Hall–Kier alpha value is -0.820. The average Bonchev–Trinajstić information content (AvgIpc) is 2.45. The molecule has 1 heterocycles. The number of rotatable bonds is 2. The van der Waals surface area contributed by atoms with Gasteiger partial charge in [-0.3, -0.25) is 0 Å². The molecule has 0 aliphatic carbocycles. The van der Waals surface area contributed by atoms with Gasteiger partial charge in [0.05, 0.1) is 19.8 Å². The van der Waals surface area contributed by atoms with Crippen molar-refractivity contribution in [1.82, 2.24) is 4.90 Å². The number of hydrogen-bond donors (Lipinski definition) is 1. The molecule has 0 saturated carbocycles. The molecule has 1 saturated heterocycles. The van der Waals surface area contributed by atoms with E-state index in [1.165, 1.54) is 11.1 Å². The van der Waals surface area contributed by atoms with E-state index >= 15 is 0 Å². The summed E-state index contributed by atoms with van der Waals surface area (Å²) in [5, 5.41) is 0. The van der Waals surface area contributed by atoms with E-state index in [4.69, 9.17) is 10.5 Å². The van der Waals surface area contributed by atoms with Crippen LogP contribution in [0.25, 0.3) is 0 Å². The third-order valence-electron chi connectivity index (χ3n) is 3.58. The van der Waals surface area contributed by atoms with Crippen LogP contribution in [0.5, 0.6) is 0 Å². The Labute approximate surface area is 144 Å². The molecule has 1 aliphatic heterocycles. The van der Waals surface area contributed by atoms with Crippen LogP contribution >= 0.6 is 24.0 Å². The zero-order valence-corrected chi connectivity index (χ0v) is 15.5. The standard InChI is InChI=1S/C16H25N3O.HI/c1-16(2,3)14-6-4-13(5-7-14)12-18-15(17)19-8-10-20-11-9-19;/h4-7H,8-12H2,1-3H3,(H2,17,18);1H. The molecule has 21 heavy (non-hydrogen) atoms. The number of morpholine rings is 1. The summed E-state index contributed by atoms with van der Waals surface area (Å²) >= 11 is 0. The van der Waals surface area contributed by atoms with E-state index in [9.17, 15) is 0 Å². The fraction of sp³-hybridized carbons (Fsp3) is 0.562. The third kappa shape index (κ3) is 5.47. The zero-order valence-electron chi connectivity index (χ0n) is 13.1. The molecule has 2 N–H and O–H groups in total. The maximum atomic E-state index is 6.02. The summed E-state index contributed by atoms with van der Waals surface area (Å²) in [4.78, 5) is 6.55. The normalized spacial score (nSPS) is 16.5. The van der Waals surface area contributed by atoms with Gasteiger partial charge in [0, 0.05) is 13.1 Å². The van der Waals surface area contributed by atoms with Crippen LogP contribution in [0, 0.1) is 0 Å². The number of hydrogen-bond acceptors (Lipinski definition) is 2. The second-order valence-electron chi connectivity index (χ2n) is 6.22. The highest BCUT2D eigenvalue weighted by Crippen LogP contribution is 2.22. The molecule has 5 heteroatoms. The van der Waals surface area contributed by atoms with Crippen molar-refractivity contribution in [2.75, 3.05) is 26.3 Å². The fourth-order valence-corrected chi connectivity index (χ4v) is 2.17. The smallest absolute Gasteiger partial charge is 0.191 e. The number of halogens is 1. The summed E-state index contributed by atoms with van der Waals surface area (Å²) in [5.74, 6) is 0.619. The van der Waals surface area contributed by atoms with Crippen LogP contribution in [0.15, 0.2) is 29.3 Å². The van der Waals surface area contributed by atoms with E-state index in [1.807, 2.05) is 0 Å². The first-order valence-electron chi connectivity index (χ1n) is 7.19. The number of guanidine groups is 1. The number of nitrogens with zero attached hydrogens (tertiary/aromatic N) is 2. The first kappa shape index (κ1) is 18.2. The van der Waals surface area contributed by atoms with Gasteiger partial charge in [-0.2, -0.15) is 0 Å². The van der Waals surface area contributed by atoms with Crippen LogP contribution < -0.4 is 5.73 Å². The SMILES string of the molecule is CC(C)(C)c1ccc(CN=C(N)N2CCOCC2)cc1.I. The van der Waals surface area contributed by atoms with Crippen LogP contribution in [0.1, 0.15) is 31.9 Å². The Morgan fingerprint density at radius 3 is 2.29 bits per heavy atom. The summed E-state index contributed by atoms with van der Waals surface area (Å²) in [6.45, 7) is 10.4. The number of aliphatic imine (C=N–C) groups is 1. The van der Waals surface area contributed by atoms with Crippen LogP contribution in [-0.4, -0.2) is 37.2 Å². The monoisotopic (exact) mass is 403 g/mol. The molecule has 1 aromatic carbocycles. The molecule has 0 radical (unpaired) electrons. The van der Waals surface area contributed by atoms with Crippen LogP contribution in [0.4, 0.5) is 0 Å². The van der Waals surface area contributed by atoms with Crippen LogP contribution in [0.2, 0.25) is 0 Å². The predicted molar refractivity (Wildman–Crippen MR) is 98.3 cm³/mol. The van der Waals surface area contributed by atoms with E-state index in [0.717, 1.165) is 26.3 Å². The van der Waals surface area contributed by atoms with Gasteiger partial charge in [0.25, 0.3) is 0 Å². The van der Waals surface area contributed by atoms with Crippen molar-refractivity contribution < 1.29 is 4.74 Å². The number of nitrogens with two attached hydrogens (primary N) is 1. The molecule has 2 rings (SSSR count). The first-order valence-corrected chi connectivity index (χ1v) is 7.19. The summed E-state index contributed by atoms with van der Waals surface area (Å²) in [5.41, 5.74) is 8.73. The van der Waals surface area contributed by atoms with E-state index in [2.05, 4.69) is 54.9 Å². The Balaban J connectivity index is 0.00000220. The molecule has 118 valence electrons. The molecule has 0 bridgehead atoms. The van der Waals surface area contributed by atoms with Gasteiger partial charge in [-0.25, -0.2) is 4.99 Å². The minimum Gasteiger partial charge on any atom is -0.378 e. The predicted octanol–water partition coefficient (Wildman–Crippen LogP) is 2.75. The van der Waals surface area contributed by atoms with Gasteiger partial charge >= 0.3 is 0 Å². The highest BCUT2D eigenvalue weighted by molar-refractivity contribution is 14.0. The molecular weight excluding hydrogens is 377 g/mol. The van der Waals surface area contributed by atoms with Crippen molar-refractivity contribution in [2.24, 2.45) is 10.7 Å². The molecule has 1 fully saturated rings. The fourth-order valence-electron chi connectivity index (χ4n) is 2.17. The van der Waals surface area contributed by atoms with Gasteiger partial charge in [-0.05, 0) is 16.5 Å². The topological polar surface area (TPSA) is 50.8 Å². The quantitative estimate of drug-likeness (QED) is 0.470. The first-order chi connectivity index (χ1) is 9.47. The van der Waals surface area contributed by atoms with Crippen molar-refractivity contribution >= 4 is 29.9 Å². The van der Waals surface area contributed by atoms with Crippen molar-refractivity contribution in [3.63, 3.8) is 0 Å². The zero-order chi connectivity index (χ0) is 14.6. The van der Waals surface area contributed by atoms with Gasteiger partial charge in [0.2, 0.25) is 0 Å². The maximum absolute atomic E-state index is 6.02. The number of ether oxygens (including phenoxy) is 1. The summed E-state index contributed by atoms with van der Waals surface area (Å²) in [6, 6.07) is 8.62. The average molecular weight is 403 g/mol. The second kappa shape index (κ2) is 7.98. The number of benzene rings is 1. The Morgan fingerprint density at radius 2 is 1.76 bits per heavy atom. The summed E-state index contributed by atoms with van der Waals surface area (Å²) < 4.78 is 5.31. The molecule has 0 aromatic heterocycles. The Kier molecular flexibility index (Phi) is 6.93. The van der Waals surface area contributed by atoms with Gasteiger partial charge in [-0.1, -0.05) is 45.0 Å². The van der Waals surface area contributed by atoms with Gasteiger partial charge < -0.3 is 15.4 Å². The minimum atomic E-state index is 0. The second-order valence-corrected chi connectivity index (χ2v) is 6.22. The van der Waals surface area contributed by atoms with Crippen LogP contribution in [-0.2, 0) is 16.7 Å². The van der Waals surface area contributed by atoms with Crippen molar-refractivity contribution in [2.45, 2.75) is 32.7 Å². The molecule has 0 spiro atoms. The lowest BCUT2D eigenvalue weighted by molar-refractivity contribution is 0.0674. The molecule has 1 aromatic rings. The highest BCUT2D eigenvalue weighted by atomic mass is 127. The molecule has 4 nitrogen and oxygen atoms in total. The summed E-state index contributed by atoms with van der Waals surface area (Å²) in [6.07, 6.45) is 0. The Morgan fingerprint density at radius 1 is 1.19 bits per heavy atom. The lowest BCUT2D eigenvalue weighted by atomic mass is 9.87. The maximum Gasteiger partial charge on any atom is 0.191 e. The minimum absolute atomic E-state index is 0. The molecular formula is C16H26IN3O. The molecule has 0 unspecified atom stereocenters. The molecule has 0 amide bonds. The van der Waals surface area contributed by atoms with Crippen molar-refractivity contribution in [3.8, 4) is 0 Å².